The first-order valence-electron chi connectivity index (χ1n) is 7.71. The molecule has 4 nitrogen and oxygen atoms in total. The summed E-state index contributed by atoms with van der Waals surface area (Å²) in [5.74, 6) is -0.913. The molecule has 1 aromatic rings. The predicted octanol–water partition coefficient (Wildman–Crippen LogP) is 3.99. The van der Waals surface area contributed by atoms with Crippen molar-refractivity contribution in [3.8, 4) is 0 Å². The maximum absolute atomic E-state index is 12.7. The topological polar surface area (TPSA) is 58.2 Å². The van der Waals surface area contributed by atoms with Crippen molar-refractivity contribution in [1.29, 1.82) is 0 Å². The molecular weight excluding hydrogens is 345 g/mol. The van der Waals surface area contributed by atoms with Crippen molar-refractivity contribution in [1.82, 2.24) is 5.32 Å². The lowest BCUT2D eigenvalue weighted by molar-refractivity contribution is -0.137. The Morgan fingerprint density at radius 2 is 1.83 bits per heavy atom. The number of hydrogen-bond acceptors (Lipinski definition) is 2. The third kappa shape index (κ3) is 5.12. The van der Waals surface area contributed by atoms with Gasteiger partial charge in [-0.2, -0.15) is 13.2 Å². The van der Waals surface area contributed by atoms with Crippen LogP contribution in [0.1, 0.15) is 37.7 Å². The van der Waals surface area contributed by atoms with Gasteiger partial charge in [-0.1, -0.05) is 30.9 Å². The van der Waals surface area contributed by atoms with Crippen LogP contribution in [0.15, 0.2) is 18.2 Å². The molecule has 1 aliphatic rings. The van der Waals surface area contributed by atoms with Crippen LogP contribution < -0.4 is 10.6 Å². The second-order valence-corrected chi connectivity index (χ2v) is 6.20. The highest BCUT2D eigenvalue weighted by atomic mass is 35.5. The summed E-state index contributed by atoms with van der Waals surface area (Å²) in [6, 6.07) is 2.67. The number of amides is 2. The van der Waals surface area contributed by atoms with Gasteiger partial charge in [-0.05, 0) is 31.0 Å². The van der Waals surface area contributed by atoms with Gasteiger partial charge in [0.1, 0.15) is 0 Å². The molecule has 8 heteroatoms. The molecule has 1 fully saturated rings. The summed E-state index contributed by atoms with van der Waals surface area (Å²) < 4.78 is 38.1. The third-order valence-electron chi connectivity index (χ3n) is 3.97. The Bertz CT molecular complexity index is 614. The van der Waals surface area contributed by atoms with E-state index in [1.165, 1.54) is 0 Å². The van der Waals surface area contributed by atoms with Gasteiger partial charge in [0.2, 0.25) is 11.8 Å². The Morgan fingerprint density at radius 1 is 1.17 bits per heavy atom. The van der Waals surface area contributed by atoms with Gasteiger partial charge in [-0.3, -0.25) is 9.59 Å². The molecule has 1 aliphatic carbocycles. The monoisotopic (exact) mass is 362 g/mol. The van der Waals surface area contributed by atoms with Gasteiger partial charge in [0.05, 0.1) is 22.8 Å². The Labute approximate surface area is 142 Å². The van der Waals surface area contributed by atoms with E-state index in [0.717, 1.165) is 50.3 Å². The van der Waals surface area contributed by atoms with E-state index in [0.29, 0.717) is 0 Å². The van der Waals surface area contributed by atoms with Crippen molar-refractivity contribution in [3.05, 3.63) is 28.8 Å². The van der Waals surface area contributed by atoms with Crippen molar-refractivity contribution in [2.24, 2.45) is 5.92 Å². The molecule has 0 aliphatic heterocycles. The molecule has 0 saturated heterocycles. The van der Waals surface area contributed by atoms with Crippen molar-refractivity contribution < 1.29 is 22.8 Å². The smallest absolute Gasteiger partial charge is 0.347 e. The lowest BCUT2D eigenvalue weighted by Gasteiger charge is -2.20. The summed E-state index contributed by atoms with van der Waals surface area (Å²) in [6.45, 7) is -0.304. The average Bonchev–Trinajstić information content (AvgIpc) is 2.54. The average molecular weight is 363 g/mol. The van der Waals surface area contributed by atoms with Crippen molar-refractivity contribution in [2.75, 3.05) is 11.9 Å². The Balaban J connectivity index is 1.91. The minimum Gasteiger partial charge on any atom is -0.347 e. The molecule has 24 heavy (non-hydrogen) atoms. The van der Waals surface area contributed by atoms with Crippen LogP contribution in [0.3, 0.4) is 0 Å². The molecule has 1 saturated carbocycles. The first kappa shape index (κ1) is 18.6. The fourth-order valence-electron chi connectivity index (χ4n) is 2.67. The summed E-state index contributed by atoms with van der Waals surface area (Å²) in [4.78, 5) is 23.8. The molecule has 0 radical (unpaired) electrons. The molecule has 1 aromatic carbocycles. The summed E-state index contributed by atoms with van der Waals surface area (Å²) >= 11 is 5.81. The van der Waals surface area contributed by atoms with Gasteiger partial charge in [-0.15, -0.1) is 0 Å². The number of nitrogens with one attached hydrogen (secondary N) is 2. The number of alkyl halides is 3. The van der Waals surface area contributed by atoms with Gasteiger partial charge in [0.15, 0.2) is 0 Å². The Morgan fingerprint density at radius 3 is 2.46 bits per heavy atom. The maximum Gasteiger partial charge on any atom is 0.416 e. The highest BCUT2D eigenvalue weighted by Crippen LogP contribution is 2.33. The molecule has 2 rings (SSSR count). The SMILES string of the molecule is O=C(CNC(=O)C1CCCCC1)Nc1cc(C(F)(F)F)ccc1Cl. The van der Waals surface area contributed by atoms with Crippen molar-refractivity contribution in [3.63, 3.8) is 0 Å². The number of halogens is 4. The summed E-state index contributed by atoms with van der Waals surface area (Å²) in [5.41, 5.74) is -1.04. The number of benzene rings is 1. The fourth-order valence-corrected chi connectivity index (χ4v) is 2.83. The number of hydrogen-bond donors (Lipinski definition) is 2. The summed E-state index contributed by atoms with van der Waals surface area (Å²) in [7, 11) is 0. The highest BCUT2D eigenvalue weighted by Gasteiger charge is 2.31. The van der Waals surface area contributed by atoms with Crippen molar-refractivity contribution in [2.45, 2.75) is 38.3 Å². The fraction of sp³-hybridized carbons (Fsp3) is 0.500. The number of carbonyl (C=O) groups is 2. The van der Waals surface area contributed by atoms with E-state index in [9.17, 15) is 22.8 Å². The largest absolute Gasteiger partial charge is 0.416 e. The van der Waals surface area contributed by atoms with E-state index in [1.807, 2.05) is 0 Å². The molecule has 0 bridgehead atoms. The molecule has 0 heterocycles. The zero-order valence-corrected chi connectivity index (χ0v) is 13.6. The van der Waals surface area contributed by atoms with E-state index < -0.39 is 17.6 Å². The first-order chi connectivity index (χ1) is 11.3. The van der Waals surface area contributed by atoms with Crippen LogP contribution in [-0.4, -0.2) is 18.4 Å². The lowest BCUT2D eigenvalue weighted by Crippen LogP contribution is -2.37. The first-order valence-corrected chi connectivity index (χ1v) is 8.09. The maximum atomic E-state index is 12.7. The third-order valence-corrected chi connectivity index (χ3v) is 4.30. The molecule has 0 unspecified atom stereocenters. The van der Waals surface area contributed by atoms with E-state index in [2.05, 4.69) is 10.6 Å². The predicted molar refractivity (Wildman–Crippen MR) is 84.7 cm³/mol. The number of carbonyl (C=O) groups excluding carboxylic acids is 2. The number of anilines is 1. The van der Waals surface area contributed by atoms with E-state index in [-0.39, 0.29) is 29.1 Å². The zero-order valence-electron chi connectivity index (χ0n) is 12.9. The Hall–Kier alpha value is -1.76. The standard InChI is InChI=1S/C16H18ClF3N2O2/c17-12-7-6-11(16(18,19)20)8-13(12)22-14(23)9-21-15(24)10-4-2-1-3-5-10/h6-8,10H,1-5,9H2,(H,21,24)(H,22,23). The second-order valence-electron chi connectivity index (χ2n) is 5.79. The van der Waals surface area contributed by atoms with E-state index >= 15 is 0 Å². The molecule has 0 atom stereocenters. The van der Waals surface area contributed by atoms with Crippen molar-refractivity contribution >= 4 is 29.1 Å². The van der Waals surface area contributed by atoms with Gasteiger partial charge < -0.3 is 10.6 Å². The lowest BCUT2D eigenvalue weighted by atomic mass is 9.89. The summed E-state index contributed by atoms with van der Waals surface area (Å²) in [5, 5.41) is 4.81. The van der Waals surface area contributed by atoms with Crippen LogP contribution in [0.2, 0.25) is 5.02 Å². The van der Waals surface area contributed by atoms with Crippen LogP contribution in [-0.2, 0) is 15.8 Å². The second kappa shape index (κ2) is 7.88. The quantitative estimate of drug-likeness (QED) is 0.850. The van der Waals surface area contributed by atoms with Gasteiger partial charge >= 0.3 is 6.18 Å². The van der Waals surface area contributed by atoms with Gasteiger partial charge in [0, 0.05) is 5.92 Å². The number of rotatable bonds is 4. The molecule has 0 aromatic heterocycles. The normalized spacial score (nSPS) is 15.8. The molecule has 132 valence electrons. The zero-order chi connectivity index (χ0) is 17.7. The van der Waals surface area contributed by atoms with E-state index in [4.69, 9.17) is 11.6 Å². The van der Waals surface area contributed by atoms with Crippen LogP contribution in [0.5, 0.6) is 0 Å². The van der Waals surface area contributed by atoms with Crippen LogP contribution in [0, 0.1) is 5.92 Å². The van der Waals surface area contributed by atoms with Crippen LogP contribution in [0.25, 0.3) is 0 Å². The van der Waals surface area contributed by atoms with Crippen LogP contribution >= 0.6 is 11.6 Å². The minimum atomic E-state index is -4.53. The Kier molecular flexibility index (Phi) is 6.10. The molecular formula is C16H18ClF3N2O2. The molecule has 2 amide bonds. The summed E-state index contributed by atoms with van der Waals surface area (Å²) in [6.07, 6.45) is 0.158. The minimum absolute atomic E-state index is 0.00467. The van der Waals surface area contributed by atoms with E-state index in [1.54, 1.807) is 0 Å². The van der Waals surface area contributed by atoms with Crippen LogP contribution in [0.4, 0.5) is 18.9 Å². The van der Waals surface area contributed by atoms with Gasteiger partial charge in [-0.25, -0.2) is 0 Å². The molecule has 2 N–H and O–H groups in total. The highest BCUT2D eigenvalue weighted by molar-refractivity contribution is 6.33. The molecule has 0 spiro atoms. The van der Waals surface area contributed by atoms with Gasteiger partial charge in [0.25, 0.3) is 0 Å².